The van der Waals surface area contributed by atoms with Crippen LogP contribution in [0, 0.1) is 11.3 Å². The SMILES string of the molecule is CCCN(Cc1ccc(C#N)cc1)C(=O)c1ccccn1. The van der Waals surface area contributed by atoms with Crippen molar-refractivity contribution < 1.29 is 4.79 Å². The third-order valence-corrected chi connectivity index (χ3v) is 3.12. The third-order valence-electron chi connectivity index (χ3n) is 3.12. The van der Waals surface area contributed by atoms with Gasteiger partial charge in [0.1, 0.15) is 5.69 Å². The van der Waals surface area contributed by atoms with E-state index in [4.69, 9.17) is 5.26 Å². The van der Waals surface area contributed by atoms with Gasteiger partial charge in [0.05, 0.1) is 11.6 Å². The molecule has 1 aromatic heterocycles. The van der Waals surface area contributed by atoms with Crippen LogP contribution < -0.4 is 0 Å². The van der Waals surface area contributed by atoms with Crippen LogP contribution in [0.3, 0.4) is 0 Å². The topological polar surface area (TPSA) is 57.0 Å². The van der Waals surface area contributed by atoms with Gasteiger partial charge in [-0.1, -0.05) is 25.1 Å². The van der Waals surface area contributed by atoms with E-state index in [0.717, 1.165) is 12.0 Å². The molecule has 1 aromatic carbocycles. The summed E-state index contributed by atoms with van der Waals surface area (Å²) in [6.07, 6.45) is 2.51. The van der Waals surface area contributed by atoms with Crippen LogP contribution in [0.25, 0.3) is 0 Å². The molecule has 106 valence electrons. The Balaban J connectivity index is 2.15. The maximum absolute atomic E-state index is 12.5. The van der Waals surface area contributed by atoms with Crippen molar-refractivity contribution in [2.45, 2.75) is 19.9 Å². The normalized spacial score (nSPS) is 9.90. The molecule has 0 radical (unpaired) electrons. The van der Waals surface area contributed by atoms with Gasteiger partial charge in [-0.05, 0) is 36.2 Å². The molecule has 1 heterocycles. The Morgan fingerprint density at radius 2 is 2.00 bits per heavy atom. The number of nitrogens with zero attached hydrogens (tertiary/aromatic N) is 3. The highest BCUT2D eigenvalue weighted by atomic mass is 16.2. The first-order valence-corrected chi connectivity index (χ1v) is 6.94. The first-order chi connectivity index (χ1) is 10.2. The maximum atomic E-state index is 12.5. The van der Waals surface area contributed by atoms with Gasteiger partial charge >= 0.3 is 0 Å². The number of aromatic nitrogens is 1. The largest absolute Gasteiger partial charge is 0.333 e. The van der Waals surface area contributed by atoms with Crippen molar-refractivity contribution in [1.82, 2.24) is 9.88 Å². The van der Waals surface area contributed by atoms with Crippen molar-refractivity contribution in [2.24, 2.45) is 0 Å². The summed E-state index contributed by atoms with van der Waals surface area (Å²) in [6.45, 7) is 3.24. The summed E-state index contributed by atoms with van der Waals surface area (Å²) in [4.78, 5) is 18.4. The molecule has 0 bridgehead atoms. The number of carbonyl (C=O) groups is 1. The van der Waals surface area contributed by atoms with E-state index < -0.39 is 0 Å². The molecule has 2 aromatic rings. The van der Waals surface area contributed by atoms with E-state index in [2.05, 4.69) is 11.1 Å². The minimum Gasteiger partial charge on any atom is -0.333 e. The van der Waals surface area contributed by atoms with E-state index >= 15 is 0 Å². The fourth-order valence-electron chi connectivity index (χ4n) is 2.08. The Bertz CT molecular complexity index is 629. The lowest BCUT2D eigenvalue weighted by molar-refractivity contribution is 0.0737. The van der Waals surface area contributed by atoms with E-state index in [9.17, 15) is 4.79 Å². The molecular weight excluding hydrogens is 262 g/mol. The van der Waals surface area contributed by atoms with Gasteiger partial charge in [-0.3, -0.25) is 9.78 Å². The Morgan fingerprint density at radius 1 is 1.24 bits per heavy atom. The number of amides is 1. The number of rotatable bonds is 5. The van der Waals surface area contributed by atoms with E-state index in [-0.39, 0.29) is 5.91 Å². The molecule has 4 nitrogen and oxygen atoms in total. The predicted molar refractivity (Wildman–Crippen MR) is 80.4 cm³/mol. The molecule has 21 heavy (non-hydrogen) atoms. The molecular formula is C17H17N3O. The van der Waals surface area contributed by atoms with E-state index in [1.54, 1.807) is 35.4 Å². The minimum atomic E-state index is -0.0678. The van der Waals surface area contributed by atoms with Gasteiger partial charge in [0.15, 0.2) is 0 Å². The lowest BCUT2D eigenvalue weighted by Gasteiger charge is -2.21. The standard InChI is InChI=1S/C17H17N3O/c1-2-11-20(17(21)16-5-3-4-10-19-16)13-15-8-6-14(12-18)7-9-15/h3-10H,2,11,13H2,1H3. The monoisotopic (exact) mass is 279 g/mol. The molecule has 4 heteroatoms. The van der Waals surface area contributed by atoms with Crippen molar-refractivity contribution in [3.63, 3.8) is 0 Å². The highest BCUT2D eigenvalue weighted by molar-refractivity contribution is 5.92. The van der Waals surface area contributed by atoms with E-state index in [1.165, 1.54) is 0 Å². The van der Waals surface area contributed by atoms with Gasteiger partial charge in [-0.15, -0.1) is 0 Å². The number of pyridine rings is 1. The summed E-state index contributed by atoms with van der Waals surface area (Å²) in [6, 6.07) is 14.7. The van der Waals surface area contributed by atoms with E-state index in [1.807, 2.05) is 25.1 Å². The van der Waals surface area contributed by atoms with Crippen LogP contribution >= 0.6 is 0 Å². The zero-order valence-electron chi connectivity index (χ0n) is 12.0. The summed E-state index contributed by atoms with van der Waals surface area (Å²) in [5.41, 5.74) is 2.09. The van der Waals surface area contributed by atoms with Crippen molar-refractivity contribution in [1.29, 1.82) is 5.26 Å². The second-order valence-electron chi connectivity index (χ2n) is 4.75. The molecule has 0 unspecified atom stereocenters. The highest BCUT2D eigenvalue weighted by Crippen LogP contribution is 2.10. The Labute approximate surface area is 124 Å². The summed E-state index contributed by atoms with van der Waals surface area (Å²) >= 11 is 0. The lowest BCUT2D eigenvalue weighted by atomic mass is 10.1. The third kappa shape index (κ3) is 3.90. The Hall–Kier alpha value is -2.67. The fraction of sp³-hybridized carbons (Fsp3) is 0.235. The molecule has 0 saturated heterocycles. The number of hydrogen-bond donors (Lipinski definition) is 0. The second-order valence-corrected chi connectivity index (χ2v) is 4.75. The van der Waals surface area contributed by atoms with Crippen LogP contribution in [0.15, 0.2) is 48.7 Å². The van der Waals surface area contributed by atoms with Gasteiger partial charge in [0.2, 0.25) is 0 Å². The maximum Gasteiger partial charge on any atom is 0.272 e. The van der Waals surface area contributed by atoms with Crippen LogP contribution in [-0.2, 0) is 6.54 Å². The zero-order chi connectivity index (χ0) is 15.1. The van der Waals surface area contributed by atoms with Crippen LogP contribution in [0.5, 0.6) is 0 Å². The molecule has 0 saturated carbocycles. The minimum absolute atomic E-state index is 0.0678. The first kappa shape index (κ1) is 14.7. The van der Waals surface area contributed by atoms with Gasteiger partial charge in [-0.25, -0.2) is 0 Å². The smallest absolute Gasteiger partial charge is 0.272 e. The predicted octanol–water partition coefficient (Wildman–Crippen LogP) is 3.01. The van der Waals surface area contributed by atoms with Crippen LogP contribution in [0.2, 0.25) is 0 Å². The Kier molecular flexibility index (Phi) is 5.05. The van der Waals surface area contributed by atoms with Gasteiger partial charge in [0, 0.05) is 19.3 Å². The molecule has 0 fully saturated rings. The number of hydrogen-bond acceptors (Lipinski definition) is 3. The molecule has 1 amide bonds. The zero-order valence-corrected chi connectivity index (χ0v) is 12.0. The lowest BCUT2D eigenvalue weighted by Crippen LogP contribution is -2.31. The molecule has 0 spiro atoms. The van der Waals surface area contributed by atoms with Crippen molar-refractivity contribution in [3.05, 3.63) is 65.5 Å². The molecule has 0 aliphatic rings. The number of benzene rings is 1. The van der Waals surface area contributed by atoms with Gasteiger partial charge in [-0.2, -0.15) is 5.26 Å². The summed E-state index contributed by atoms with van der Waals surface area (Å²) < 4.78 is 0. The number of carbonyl (C=O) groups excluding carboxylic acids is 1. The summed E-state index contributed by atoms with van der Waals surface area (Å²) in [7, 11) is 0. The van der Waals surface area contributed by atoms with Crippen LogP contribution in [0.4, 0.5) is 0 Å². The quantitative estimate of drug-likeness (QED) is 0.845. The second kappa shape index (κ2) is 7.20. The summed E-state index contributed by atoms with van der Waals surface area (Å²) in [5.74, 6) is -0.0678. The van der Waals surface area contributed by atoms with Crippen molar-refractivity contribution in [2.75, 3.05) is 6.54 Å². The van der Waals surface area contributed by atoms with Gasteiger partial charge in [0.25, 0.3) is 5.91 Å². The average Bonchev–Trinajstić information content (AvgIpc) is 2.55. The highest BCUT2D eigenvalue weighted by Gasteiger charge is 2.16. The molecule has 2 rings (SSSR count). The molecule has 0 aliphatic carbocycles. The van der Waals surface area contributed by atoms with Crippen LogP contribution in [-0.4, -0.2) is 22.3 Å². The summed E-state index contributed by atoms with van der Waals surface area (Å²) in [5, 5.41) is 8.81. The van der Waals surface area contributed by atoms with Crippen LogP contribution in [0.1, 0.15) is 35.0 Å². The Morgan fingerprint density at radius 3 is 2.57 bits per heavy atom. The van der Waals surface area contributed by atoms with E-state index in [0.29, 0.717) is 24.3 Å². The average molecular weight is 279 g/mol. The van der Waals surface area contributed by atoms with Crippen molar-refractivity contribution >= 4 is 5.91 Å². The molecule has 0 aliphatic heterocycles. The van der Waals surface area contributed by atoms with Crippen molar-refractivity contribution in [3.8, 4) is 6.07 Å². The fourth-order valence-corrected chi connectivity index (χ4v) is 2.08. The number of nitriles is 1. The first-order valence-electron chi connectivity index (χ1n) is 6.94. The molecule has 0 atom stereocenters. The molecule has 0 N–H and O–H groups in total. The van der Waals surface area contributed by atoms with Gasteiger partial charge < -0.3 is 4.90 Å².